The van der Waals surface area contributed by atoms with Gasteiger partial charge >= 0.3 is 26.2 Å². The molecule has 2 aliphatic carbocycles. The molecule has 0 aliphatic heterocycles. The van der Waals surface area contributed by atoms with Crippen LogP contribution in [0.1, 0.15) is 18.4 Å². The Balaban J connectivity index is 0. The molecule has 0 heterocycles. The van der Waals surface area contributed by atoms with E-state index in [1.54, 1.807) is 0 Å². The predicted molar refractivity (Wildman–Crippen MR) is 74.0 cm³/mol. The number of hydrogen-bond acceptors (Lipinski definition) is 0. The zero-order chi connectivity index (χ0) is 12.2. The van der Waals surface area contributed by atoms with Crippen LogP contribution in [-0.4, -0.2) is 0 Å². The molecule has 0 radical (unpaired) electrons. The second-order valence-corrected chi connectivity index (χ2v) is 3.49. The molecule has 19 heavy (non-hydrogen) atoms. The third-order valence-electron chi connectivity index (χ3n) is 2.01. The van der Waals surface area contributed by atoms with Crippen LogP contribution in [0.15, 0.2) is 66.8 Å². The molecule has 0 saturated carbocycles. The Morgan fingerprint density at radius 1 is 0.842 bits per heavy atom. The summed E-state index contributed by atoms with van der Waals surface area (Å²) in [6, 6.07) is 9.87. The summed E-state index contributed by atoms with van der Waals surface area (Å²) in [6.45, 7) is 3.72. The van der Waals surface area contributed by atoms with Gasteiger partial charge in [-0.3, -0.25) is 12.2 Å². The smallest absolute Gasteiger partial charge is 1.00 e. The quantitative estimate of drug-likeness (QED) is 0.624. The van der Waals surface area contributed by atoms with Crippen LogP contribution < -0.4 is 12.4 Å². The maximum absolute atomic E-state index is 3.72. The molecule has 0 spiro atoms. The molecule has 0 saturated heterocycles. The Bertz CT molecular complexity index is 361. The van der Waals surface area contributed by atoms with E-state index in [9.17, 15) is 0 Å². The van der Waals surface area contributed by atoms with Gasteiger partial charge in [0.05, 0.1) is 0 Å². The van der Waals surface area contributed by atoms with Crippen molar-refractivity contribution in [1.82, 2.24) is 0 Å². The van der Waals surface area contributed by atoms with Crippen LogP contribution in [0, 0.1) is 19.1 Å². The first-order valence-electron chi connectivity index (χ1n) is 5.70. The maximum atomic E-state index is 3.72. The van der Waals surface area contributed by atoms with Crippen molar-refractivity contribution < 1.29 is 38.6 Å². The average Bonchev–Trinajstić information content (AvgIpc) is 3.09. The van der Waals surface area contributed by atoms with Crippen molar-refractivity contribution in [3.8, 4) is 0 Å². The van der Waals surface area contributed by atoms with Crippen molar-refractivity contribution in [2.45, 2.75) is 12.8 Å². The first-order valence-corrected chi connectivity index (χ1v) is 5.70. The SMILES string of the molecule is [C-]1=CC=CC1.[C-]1=CC=CC1.[CH2-]c1ccccc1.[Cl-].[Zr+4]. The zero-order valence-corrected chi connectivity index (χ0v) is 14.1. The van der Waals surface area contributed by atoms with Gasteiger partial charge < -0.3 is 12.4 Å². The minimum absolute atomic E-state index is 0. The van der Waals surface area contributed by atoms with Crippen molar-refractivity contribution in [2.24, 2.45) is 0 Å². The molecule has 0 atom stereocenters. The van der Waals surface area contributed by atoms with Gasteiger partial charge in [0.1, 0.15) is 0 Å². The summed E-state index contributed by atoms with van der Waals surface area (Å²) in [5.41, 5.74) is 1.07. The van der Waals surface area contributed by atoms with E-state index in [2.05, 4.69) is 31.2 Å². The molecule has 3 rings (SSSR count). The van der Waals surface area contributed by atoms with E-state index in [4.69, 9.17) is 0 Å². The van der Waals surface area contributed by atoms with Crippen LogP contribution in [0.2, 0.25) is 0 Å². The summed E-state index contributed by atoms with van der Waals surface area (Å²) >= 11 is 0. The molecule has 2 aliphatic rings. The molecular formula is C17H17ClZr. The molecule has 0 amide bonds. The van der Waals surface area contributed by atoms with Crippen LogP contribution in [0.4, 0.5) is 0 Å². The molecule has 0 N–H and O–H groups in total. The van der Waals surface area contributed by atoms with E-state index < -0.39 is 0 Å². The minimum Gasteiger partial charge on any atom is -1.00 e. The van der Waals surface area contributed by atoms with Crippen LogP contribution in [0.5, 0.6) is 0 Å². The minimum atomic E-state index is 0. The van der Waals surface area contributed by atoms with Gasteiger partial charge in [-0.1, -0.05) is 6.07 Å². The number of rotatable bonds is 0. The average molecular weight is 348 g/mol. The Labute approximate surface area is 142 Å². The second-order valence-electron chi connectivity index (χ2n) is 3.49. The topological polar surface area (TPSA) is 0 Å². The molecule has 96 valence electrons. The number of hydrogen-bond donors (Lipinski definition) is 0. The van der Waals surface area contributed by atoms with Crippen molar-refractivity contribution >= 4 is 0 Å². The van der Waals surface area contributed by atoms with Crippen LogP contribution in [-0.2, 0) is 26.2 Å². The van der Waals surface area contributed by atoms with E-state index in [1.165, 1.54) is 0 Å². The van der Waals surface area contributed by atoms with Crippen molar-refractivity contribution in [3.63, 3.8) is 0 Å². The number of halogens is 1. The van der Waals surface area contributed by atoms with Gasteiger partial charge in [0.2, 0.25) is 0 Å². The third kappa shape index (κ3) is 13.5. The summed E-state index contributed by atoms with van der Waals surface area (Å²) in [7, 11) is 0. The number of allylic oxidation sites excluding steroid dienone is 8. The van der Waals surface area contributed by atoms with E-state index in [1.807, 2.05) is 54.6 Å². The Morgan fingerprint density at radius 3 is 1.47 bits per heavy atom. The van der Waals surface area contributed by atoms with Crippen LogP contribution in [0.3, 0.4) is 0 Å². The summed E-state index contributed by atoms with van der Waals surface area (Å²) < 4.78 is 0. The Kier molecular flexibility index (Phi) is 16.5. The summed E-state index contributed by atoms with van der Waals surface area (Å²) in [5.74, 6) is 0. The fourth-order valence-corrected chi connectivity index (χ4v) is 1.16. The summed E-state index contributed by atoms with van der Waals surface area (Å²) in [4.78, 5) is 0. The summed E-state index contributed by atoms with van der Waals surface area (Å²) in [5, 5.41) is 0. The van der Waals surface area contributed by atoms with Gasteiger partial charge in [-0.05, 0) is 0 Å². The van der Waals surface area contributed by atoms with Gasteiger partial charge in [0, 0.05) is 0 Å². The molecule has 0 nitrogen and oxygen atoms in total. The zero-order valence-electron chi connectivity index (χ0n) is 10.9. The van der Waals surface area contributed by atoms with Gasteiger partial charge in [0.15, 0.2) is 0 Å². The first kappa shape index (κ1) is 20.5. The normalized spacial score (nSPS) is 12.4. The summed E-state index contributed by atoms with van der Waals surface area (Å²) in [6.07, 6.45) is 20.0. The van der Waals surface area contributed by atoms with E-state index >= 15 is 0 Å². The molecular weight excluding hydrogens is 331 g/mol. The predicted octanol–water partition coefficient (Wildman–Crippen LogP) is 1.48. The van der Waals surface area contributed by atoms with Crippen LogP contribution >= 0.6 is 0 Å². The molecule has 2 heteroatoms. The standard InChI is InChI=1S/C7H7.2C5H5.ClH.Zr/c1-7-5-3-2-4-6-7;2*1-2-4-5-3-1;;/h2-6H,1H2;2*1-3H,4H2;1H;/q3*-1;;+4/p-1. The fourth-order valence-electron chi connectivity index (χ4n) is 1.16. The van der Waals surface area contributed by atoms with Crippen molar-refractivity contribution in [2.75, 3.05) is 0 Å². The van der Waals surface area contributed by atoms with Crippen LogP contribution in [0.25, 0.3) is 0 Å². The van der Waals surface area contributed by atoms with Crippen molar-refractivity contribution in [3.05, 3.63) is 91.4 Å². The molecule has 1 aromatic rings. The van der Waals surface area contributed by atoms with Gasteiger partial charge in [-0.25, -0.2) is 24.3 Å². The van der Waals surface area contributed by atoms with Gasteiger partial charge in [-0.15, -0.1) is 25.0 Å². The molecule has 0 unspecified atom stereocenters. The van der Waals surface area contributed by atoms with Gasteiger partial charge in [0.25, 0.3) is 0 Å². The van der Waals surface area contributed by atoms with Crippen molar-refractivity contribution in [1.29, 1.82) is 0 Å². The molecule has 0 bridgehead atoms. The monoisotopic (exact) mass is 346 g/mol. The maximum Gasteiger partial charge on any atom is 4.00 e. The largest absolute Gasteiger partial charge is 4.00 e. The van der Waals surface area contributed by atoms with E-state index in [0.717, 1.165) is 18.4 Å². The fraction of sp³-hybridized carbons (Fsp3) is 0.118. The second kappa shape index (κ2) is 15.3. The Hall–Kier alpha value is -0.777. The third-order valence-corrected chi connectivity index (χ3v) is 2.01. The van der Waals surface area contributed by atoms with E-state index in [0.29, 0.717) is 0 Å². The van der Waals surface area contributed by atoms with E-state index in [-0.39, 0.29) is 38.6 Å². The van der Waals surface area contributed by atoms with Gasteiger partial charge in [-0.2, -0.15) is 36.8 Å². The molecule has 0 aromatic heterocycles. The molecule has 0 fully saturated rings. The Morgan fingerprint density at radius 2 is 1.32 bits per heavy atom. The first-order chi connectivity index (χ1) is 8.39. The molecule has 1 aromatic carbocycles. The number of benzene rings is 1.